The topological polar surface area (TPSA) is 97.0 Å². The van der Waals surface area contributed by atoms with Gasteiger partial charge in [0.05, 0.1) is 4.90 Å². The van der Waals surface area contributed by atoms with Gasteiger partial charge < -0.3 is 19.7 Å². The number of benzene rings is 2. The summed E-state index contributed by atoms with van der Waals surface area (Å²) >= 11 is 0. The summed E-state index contributed by atoms with van der Waals surface area (Å²) in [4.78, 5) is 13.8. The number of anilines is 1. The molecule has 9 heteroatoms. The van der Waals surface area contributed by atoms with E-state index in [0.29, 0.717) is 30.3 Å². The minimum absolute atomic E-state index is 0.120. The first-order chi connectivity index (χ1) is 13.4. The first kappa shape index (κ1) is 20.0. The second-order valence-corrected chi connectivity index (χ2v) is 7.91. The standard InChI is InChI=1S/C19H23N3O5S/c1-3-22(4-2)19(23)21-15-6-8-16(9-7-15)28(24,25)20-12-14-5-10-17-18(11-14)27-13-26-17/h5-11,20H,3-4,12-13H2,1-2H3,(H,21,23). The van der Waals surface area contributed by atoms with Crippen LogP contribution < -0.4 is 19.5 Å². The van der Waals surface area contributed by atoms with E-state index in [-0.39, 0.29) is 24.3 Å². The number of hydrogen-bond donors (Lipinski definition) is 2. The fraction of sp³-hybridized carbons (Fsp3) is 0.316. The minimum Gasteiger partial charge on any atom is -0.454 e. The molecule has 2 N–H and O–H groups in total. The summed E-state index contributed by atoms with van der Waals surface area (Å²) in [5.74, 6) is 1.25. The van der Waals surface area contributed by atoms with Gasteiger partial charge in [-0.1, -0.05) is 6.07 Å². The van der Waals surface area contributed by atoms with E-state index in [2.05, 4.69) is 10.0 Å². The molecule has 0 radical (unpaired) electrons. The number of fused-ring (bicyclic) bond motifs is 1. The van der Waals surface area contributed by atoms with Crippen molar-refractivity contribution in [3.8, 4) is 11.5 Å². The number of urea groups is 1. The summed E-state index contributed by atoms with van der Waals surface area (Å²) in [6.07, 6.45) is 0. The highest BCUT2D eigenvalue weighted by molar-refractivity contribution is 7.89. The molecule has 0 saturated carbocycles. The van der Waals surface area contributed by atoms with Gasteiger partial charge in [-0.25, -0.2) is 17.9 Å². The van der Waals surface area contributed by atoms with Gasteiger partial charge in [-0.3, -0.25) is 0 Å². The average Bonchev–Trinajstić information content (AvgIpc) is 3.16. The van der Waals surface area contributed by atoms with Crippen molar-refractivity contribution in [1.29, 1.82) is 0 Å². The van der Waals surface area contributed by atoms with E-state index in [0.717, 1.165) is 5.56 Å². The SMILES string of the molecule is CCN(CC)C(=O)Nc1ccc(S(=O)(=O)NCc2ccc3c(c2)OCO3)cc1. The summed E-state index contributed by atoms with van der Waals surface area (Å²) in [5, 5.41) is 2.75. The van der Waals surface area contributed by atoms with E-state index in [1.807, 2.05) is 13.8 Å². The Hall–Kier alpha value is -2.78. The van der Waals surface area contributed by atoms with Crippen molar-refractivity contribution < 1.29 is 22.7 Å². The predicted molar refractivity (Wildman–Crippen MR) is 105 cm³/mol. The number of rotatable bonds is 7. The van der Waals surface area contributed by atoms with Gasteiger partial charge in [0, 0.05) is 25.3 Å². The lowest BCUT2D eigenvalue weighted by molar-refractivity contribution is 0.174. The smallest absolute Gasteiger partial charge is 0.321 e. The number of amides is 2. The van der Waals surface area contributed by atoms with E-state index in [4.69, 9.17) is 9.47 Å². The Balaban J connectivity index is 1.63. The Morgan fingerprint density at radius 3 is 2.39 bits per heavy atom. The van der Waals surface area contributed by atoms with Crippen LogP contribution in [0.2, 0.25) is 0 Å². The molecule has 2 amide bonds. The third-order valence-electron chi connectivity index (χ3n) is 4.37. The van der Waals surface area contributed by atoms with Gasteiger partial charge in [0.15, 0.2) is 11.5 Å². The van der Waals surface area contributed by atoms with Crippen LogP contribution in [0, 0.1) is 0 Å². The van der Waals surface area contributed by atoms with Gasteiger partial charge in [0.2, 0.25) is 16.8 Å². The minimum atomic E-state index is -3.69. The van der Waals surface area contributed by atoms with E-state index in [1.54, 1.807) is 35.2 Å². The molecule has 0 atom stereocenters. The van der Waals surface area contributed by atoms with Crippen molar-refractivity contribution in [2.24, 2.45) is 0 Å². The molecule has 2 aromatic rings. The van der Waals surface area contributed by atoms with Crippen LogP contribution >= 0.6 is 0 Å². The maximum atomic E-state index is 12.5. The highest BCUT2D eigenvalue weighted by Gasteiger charge is 2.17. The number of nitrogens with zero attached hydrogens (tertiary/aromatic N) is 1. The molecular weight excluding hydrogens is 382 g/mol. The molecule has 0 bridgehead atoms. The molecule has 150 valence electrons. The molecular formula is C19H23N3O5S. The molecule has 1 aliphatic rings. The molecule has 0 fully saturated rings. The van der Waals surface area contributed by atoms with Gasteiger partial charge in [-0.05, 0) is 55.8 Å². The number of sulfonamides is 1. The summed E-state index contributed by atoms with van der Waals surface area (Å²) < 4.78 is 38.1. The van der Waals surface area contributed by atoms with Crippen LogP contribution in [-0.2, 0) is 16.6 Å². The van der Waals surface area contributed by atoms with Gasteiger partial charge >= 0.3 is 6.03 Å². The Bertz CT molecular complexity index is 941. The molecule has 0 spiro atoms. The summed E-state index contributed by atoms with van der Waals surface area (Å²) in [7, 11) is -3.69. The van der Waals surface area contributed by atoms with Gasteiger partial charge in [-0.2, -0.15) is 0 Å². The van der Waals surface area contributed by atoms with Gasteiger partial charge in [-0.15, -0.1) is 0 Å². The van der Waals surface area contributed by atoms with Gasteiger partial charge in [0.1, 0.15) is 0 Å². The molecule has 1 heterocycles. The van der Waals surface area contributed by atoms with Crippen molar-refractivity contribution >= 4 is 21.7 Å². The third-order valence-corrected chi connectivity index (χ3v) is 5.79. The van der Waals surface area contributed by atoms with Crippen LogP contribution in [0.15, 0.2) is 47.4 Å². The maximum Gasteiger partial charge on any atom is 0.321 e. The second-order valence-electron chi connectivity index (χ2n) is 6.14. The van der Waals surface area contributed by atoms with Crippen molar-refractivity contribution in [3.63, 3.8) is 0 Å². The normalized spacial score (nSPS) is 12.6. The molecule has 1 aliphatic heterocycles. The van der Waals surface area contributed by atoms with Crippen molar-refractivity contribution in [2.75, 3.05) is 25.2 Å². The molecule has 0 unspecified atom stereocenters. The molecule has 2 aromatic carbocycles. The van der Waals surface area contributed by atoms with Crippen LogP contribution in [0.25, 0.3) is 0 Å². The average molecular weight is 405 g/mol. The monoisotopic (exact) mass is 405 g/mol. The lowest BCUT2D eigenvalue weighted by Crippen LogP contribution is -2.34. The van der Waals surface area contributed by atoms with E-state index < -0.39 is 10.0 Å². The maximum absolute atomic E-state index is 12.5. The lowest BCUT2D eigenvalue weighted by Gasteiger charge is -2.19. The van der Waals surface area contributed by atoms with Crippen molar-refractivity contribution in [1.82, 2.24) is 9.62 Å². The zero-order valence-electron chi connectivity index (χ0n) is 15.8. The number of nitrogens with one attached hydrogen (secondary N) is 2. The predicted octanol–water partition coefficient (Wildman–Crippen LogP) is 2.77. The zero-order chi connectivity index (χ0) is 20.1. The molecule has 0 aliphatic carbocycles. The fourth-order valence-corrected chi connectivity index (χ4v) is 3.76. The number of carbonyl (C=O) groups is 1. The Kier molecular flexibility index (Phi) is 6.05. The largest absolute Gasteiger partial charge is 0.454 e. The summed E-state index contributed by atoms with van der Waals surface area (Å²) in [6, 6.07) is 11.1. The first-order valence-electron chi connectivity index (χ1n) is 8.97. The molecule has 8 nitrogen and oxygen atoms in total. The third kappa shape index (κ3) is 4.55. The van der Waals surface area contributed by atoms with Crippen LogP contribution in [0.5, 0.6) is 11.5 Å². The van der Waals surface area contributed by atoms with Gasteiger partial charge in [0.25, 0.3) is 0 Å². The van der Waals surface area contributed by atoms with Crippen molar-refractivity contribution in [3.05, 3.63) is 48.0 Å². The highest BCUT2D eigenvalue weighted by Crippen LogP contribution is 2.32. The van der Waals surface area contributed by atoms with Crippen LogP contribution in [-0.4, -0.2) is 39.2 Å². The summed E-state index contributed by atoms with van der Waals surface area (Å²) in [5.41, 5.74) is 1.29. The second kappa shape index (κ2) is 8.49. The Labute approximate surface area is 164 Å². The lowest BCUT2D eigenvalue weighted by atomic mass is 10.2. The van der Waals surface area contributed by atoms with Crippen LogP contribution in [0.4, 0.5) is 10.5 Å². The molecule has 28 heavy (non-hydrogen) atoms. The molecule has 3 rings (SSSR count). The molecule has 0 aromatic heterocycles. The number of ether oxygens (including phenoxy) is 2. The Morgan fingerprint density at radius 2 is 1.71 bits per heavy atom. The zero-order valence-corrected chi connectivity index (χ0v) is 16.6. The first-order valence-corrected chi connectivity index (χ1v) is 10.5. The van der Waals surface area contributed by atoms with E-state index in [9.17, 15) is 13.2 Å². The van der Waals surface area contributed by atoms with Crippen molar-refractivity contribution in [2.45, 2.75) is 25.3 Å². The quantitative estimate of drug-likeness (QED) is 0.738. The number of carbonyl (C=O) groups excluding carboxylic acids is 1. The fourth-order valence-electron chi connectivity index (χ4n) is 2.74. The Morgan fingerprint density at radius 1 is 1.04 bits per heavy atom. The molecule has 0 saturated heterocycles. The van der Waals surface area contributed by atoms with E-state index >= 15 is 0 Å². The van der Waals surface area contributed by atoms with Crippen LogP contribution in [0.1, 0.15) is 19.4 Å². The van der Waals surface area contributed by atoms with E-state index in [1.165, 1.54) is 12.1 Å². The highest BCUT2D eigenvalue weighted by atomic mass is 32.2. The number of hydrogen-bond acceptors (Lipinski definition) is 5. The van der Waals surface area contributed by atoms with Crippen LogP contribution in [0.3, 0.4) is 0 Å². The summed E-state index contributed by atoms with van der Waals surface area (Å²) in [6.45, 7) is 5.27.